The molecule has 132 valence electrons. The van der Waals surface area contributed by atoms with Crippen LogP contribution in [0.4, 0.5) is 5.69 Å². The van der Waals surface area contributed by atoms with Crippen molar-refractivity contribution < 1.29 is 19.5 Å². The fourth-order valence-electron chi connectivity index (χ4n) is 4.28. The van der Waals surface area contributed by atoms with Gasteiger partial charge in [-0.2, -0.15) is 0 Å². The number of carbonyl (C=O) groups is 3. The number of fused-ring (bicyclic) bond motifs is 1. The highest BCUT2D eigenvalue weighted by molar-refractivity contribution is 5.98. The van der Waals surface area contributed by atoms with Crippen LogP contribution < -0.4 is 5.32 Å². The highest BCUT2D eigenvalue weighted by Gasteiger charge is 2.49. The number of hydrogen-bond acceptors (Lipinski definition) is 3. The number of anilines is 1. The average Bonchev–Trinajstić information content (AvgIpc) is 3.24. The standard InChI is InChI=1S/C19H22N2O4/c22-17(11-4-5-11)20-14-8-6-12(7-9-14)18(23)21-10-13-2-1-3-15(13)16(21)19(24)25/h6-9,11,13,15-16H,1-5,10H2,(H,20,22)(H,24,25). The molecule has 3 aliphatic rings. The summed E-state index contributed by atoms with van der Waals surface area (Å²) in [6, 6.07) is 6.03. The molecule has 3 unspecified atom stereocenters. The number of carbonyl (C=O) groups excluding carboxylic acids is 2. The quantitative estimate of drug-likeness (QED) is 0.879. The molecule has 25 heavy (non-hydrogen) atoms. The van der Waals surface area contributed by atoms with Crippen molar-refractivity contribution in [3.05, 3.63) is 29.8 Å². The molecule has 0 radical (unpaired) electrons. The van der Waals surface area contributed by atoms with Gasteiger partial charge in [0.2, 0.25) is 5.91 Å². The molecule has 0 bridgehead atoms. The van der Waals surface area contributed by atoms with Crippen LogP contribution in [0.1, 0.15) is 42.5 Å². The van der Waals surface area contributed by atoms with Gasteiger partial charge in [-0.15, -0.1) is 0 Å². The Bertz CT molecular complexity index is 711. The van der Waals surface area contributed by atoms with Crippen molar-refractivity contribution in [3.63, 3.8) is 0 Å². The maximum absolute atomic E-state index is 12.8. The van der Waals surface area contributed by atoms with E-state index in [-0.39, 0.29) is 23.7 Å². The number of aliphatic carboxylic acids is 1. The van der Waals surface area contributed by atoms with E-state index in [1.807, 2.05) is 0 Å². The lowest BCUT2D eigenvalue weighted by atomic mass is 9.94. The van der Waals surface area contributed by atoms with Crippen molar-refractivity contribution in [2.75, 3.05) is 11.9 Å². The van der Waals surface area contributed by atoms with Gasteiger partial charge in [0.25, 0.3) is 5.91 Å². The first kappa shape index (κ1) is 16.1. The number of nitrogens with zero attached hydrogens (tertiary/aromatic N) is 1. The third kappa shape index (κ3) is 3.01. The highest BCUT2D eigenvalue weighted by atomic mass is 16.4. The van der Waals surface area contributed by atoms with Crippen LogP contribution in [0.15, 0.2) is 24.3 Å². The van der Waals surface area contributed by atoms with Crippen molar-refractivity contribution in [3.8, 4) is 0 Å². The molecule has 3 atom stereocenters. The average molecular weight is 342 g/mol. The van der Waals surface area contributed by atoms with Gasteiger partial charge in [0.1, 0.15) is 6.04 Å². The van der Waals surface area contributed by atoms with Gasteiger partial charge in [0.15, 0.2) is 0 Å². The third-order valence-electron chi connectivity index (χ3n) is 5.75. The number of benzene rings is 1. The topological polar surface area (TPSA) is 86.7 Å². The van der Waals surface area contributed by atoms with E-state index in [1.54, 1.807) is 24.3 Å². The minimum Gasteiger partial charge on any atom is -0.480 e. The Morgan fingerprint density at radius 2 is 1.76 bits per heavy atom. The molecule has 1 aromatic rings. The highest BCUT2D eigenvalue weighted by Crippen LogP contribution is 2.42. The second kappa shape index (κ2) is 6.17. The van der Waals surface area contributed by atoms with Crippen LogP contribution in [0.25, 0.3) is 0 Å². The molecule has 2 amide bonds. The molecule has 6 nitrogen and oxygen atoms in total. The second-order valence-corrected chi connectivity index (χ2v) is 7.44. The molecule has 3 fully saturated rings. The SMILES string of the molecule is O=C(Nc1ccc(C(=O)N2CC3CCCC3C2C(=O)O)cc1)C1CC1. The van der Waals surface area contributed by atoms with Crippen LogP contribution in [0.2, 0.25) is 0 Å². The van der Waals surface area contributed by atoms with Crippen LogP contribution >= 0.6 is 0 Å². The van der Waals surface area contributed by atoms with Gasteiger partial charge in [-0.05, 0) is 61.8 Å². The van der Waals surface area contributed by atoms with Gasteiger partial charge in [-0.3, -0.25) is 9.59 Å². The molecule has 1 aliphatic heterocycles. The summed E-state index contributed by atoms with van der Waals surface area (Å²) in [6.07, 6.45) is 4.82. The van der Waals surface area contributed by atoms with Gasteiger partial charge in [-0.1, -0.05) is 6.42 Å². The Balaban J connectivity index is 1.48. The monoisotopic (exact) mass is 342 g/mol. The van der Waals surface area contributed by atoms with Crippen LogP contribution in [-0.2, 0) is 9.59 Å². The van der Waals surface area contributed by atoms with E-state index in [2.05, 4.69) is 5.32 Å². The predicted molar refractivity (Wildman–Crippen MR) is 91.1 cm³/mol. The molecule has 2 aliphatic carbocycles. The lowest BCUT2D eigenvalue weighted by Gasteiger charge is -2.24. The van der Waals surface area contributed by atoms with E-state index in [0.717, 1.165) is 32.1 Å². The van der Waals surface area contributed by atoms with Crippen molar-refractivity contribution in [1.29, 1.82) is 0 Å². The van der Waals surface area contributed by atoms with E-state index in [9.17, 15) is 19.5 Å². The Labute approximate surface area is 146 Å². The number of likely N-dealkylation sites (tertiary alicyclic amines) is 1. The maximum Gasteiger partial charge on any atom is 0.326 e. The zero-order valence-corrected chi connectivity index (χ0v) is 14.0. The Kier molecular flexibility index (Phi) is 3.98. The first-order valence-corrected chi connectivity index (χ1v) is 8.99. The van der Waals surface area contributed by atoms with Crippen molar-refractivity contribution >= 4 is 23.5 Å². The minimum atomic E-state index is -0.906. The predicted octanol–water partition coefficient (Wildman–Crippen LogP) is 2.36. The Morgan fingerprint density at radius 1 is 1.04 bits per heavy atom. The largest absolute Gasteiger partial charge is 0.480 e. The lowest BCUT2D eigenvalue weighted by Crippen LogP contribution is -2.43. The third-order valence-corrected chi connectivity index (χ3v) is 5.75. The number of carboxylic acid groups (broad SMARTS) is 1. The van der Waals surface area contributed by atoms with E-state index in [1.165, 1.54) is 4.90 Å². The van der Waals surface area contributed by atoms with Crippen molar-refractivity contribution in [1.82, 2.24) is 4.90 Å². The number of carboxylic acids is 1. The molecule has 1 aromatic carbocycles. The molecule has 2 N–H and O–H groups in total. The Hall–Kier alpha value is -2.37. The van der Waals surface area contributed by atoms with Gasteiger partial charge < -0.3 is 15.3 Å². The van der Waals surface area contributed by atoms with Gasteiger partial charge in [0.05, 0.1) is 0 Å². The smallest absolute Gasteiger partial charge is 0.326 e. The molecule has 4 rings (SSSR count). The summed E-state index contributed by atoms with van der Waals surface area (Å²) in [5, 5.41) is 12.4. The number of hydrogen-bond donors (Lipinski definition) is 2. The van der Waals surface area contributed by atoms with E-state index < -0.39 is 12.0 Å². The molecule has 2 saturated carbocycles. The summed E-state index contributed by atoms with van der Waals surface area (Å²) in [7, 11) is 0. The Morgan fingerprint density at radius 3 is 2.40 bits per heavy atom. The van der Waals surface area contributed by atoms with Crippen molar-refractivity contribution in [2.45, 2.75) is 38.1 Å². The number of amides is 2. The zero-order valence-electron chi connectivity index (χ0n) is 14.0. The molecular weight excluding hydrogens is 320 g/mol. The number of nitrogens with one attached hydrogen (secondary N) is 1. The fraction of sp³-hybridized carbons (Fsp3) is 0.526. The zero-order chi connectivity index (χ0) is 17.6. The van der Waals surface area contributed by atoms with Crippen LogP contribution in [0, 0.1) is 17.8 Å². The van der Waals surface area contributed by atoms with E-state index >= 15 is 0 Å². The maximum atomic E-state index is 12.8. The summed E-state index contributed by atoms with van der Waals surface area (Å²) < 4.78 is 0. The molecule has 0 aromatic heterocycles. The second-order valence-electron chi connectivity index (χ2n) is 7.44. The first-order valence-electron chi connectivity index (χ1n) is 8.99. The van der Waals surface area contributed by atoms with Gasteiger partial charge in [-0.25, -0.2) is 4.79 Å². The first-order chi connectivity index (χ1) is 12.0. The van der Waals surface area contributed by atoms with E-state index in [0.29, 0.717) is 23.7 Å². The molecular formula is C19H22N2O4. The summed E-state index contributed by atoms with van der Waals surface area (Å²) in [5.74, 6) is -0.599. The van der Waals surface area contributed by atoms with Gasteiger partial charge >= 0.3 is 5.97 Å². The van der Waals surface area contributed by atoms with Crippen LogP contribution in [0.3, 0.4) is 0 Å². The van der Waals surface area contributed by atoms with E-state index in [4.69, 9.17) is 0 Å². The molecule has 6 heteroatoms. The summed E-state index contributed by atoms with van der Waals surface area (Å²) in [5.41, 5.74) is 1.14. The normalized spacial score (nSPS) is 27.8. The summed E-state index contributed by atoms with van der Waals surface area (Å²) in [4.78, 5) is 37.8. The fourth-order valence-corrected chi connectivity index (χ4v) is 4.28. The lowest BCUT2D eigenvalue weighted by molar-refractivity contribution is -0.142. The molecule has 0 spiro atoms. The van der Waals surface area contributed by atoms with Crippen LogP contribution in [-0.4, -0.2) is 40.4 Å². The molecule has 1 heterocycles. The minimum absolute atomic E-state index is 0.0254. The van der Waals surface area contributed by atoms with Crippen LogP contribution in [0.5, 0.6) is 0 Å². The molecule has 1 saturated heterocycles. The van der Waals surface area contributed by atoms with Crippen molar-refractivity contribution in [2.24, 2.45) is 17.8 Å². The number of rotatable bonds is 4. The summed E-state index contributed by atoms with van der Waals surface area (Å²) in [6.45, 7) is 0.528. The summed E-state index contributed by atoms with van der Waals surface area (Å²) >= 11 is 0. The van der Waals surface area contributed by atoms with Gasteiger partial charge in [0, 0.05) is 23.7 Å².